The maximum atomic E-state index is 13.8. The molecule has 110 valence electrons. The number of hydrogen-bond donors (Lipinski definition) is 1. The highest BCUT2D eigenvalue weighted by Crippen LogP contribution is 2.35. The maximum absolute atomic E-state index is 13.8. The predicted molar refractivity (Wildman–Crippen MR) is 80.0 cm³/mol. The Morgan fingerprint density at radius 2 is 2.14 bits per heavy atom. The molecule has 5 nitrogen and oxygen atoms in total. The van der Waals surface area contributed by atoms with Crippen LogP contribution in [0.25, 0.3) is 0 Å². The number of nitrogens with one attached hydrogen (secondary N) is 1. The van der Waals surface area contributed by atoms with E-state index in [1.807, 2.05) is 0 Å². The summed E-state index contributed by atoms with van der Waals surface area (Å²) in [6, 6.07) is 8.76. The summed E-state index contributed by atoms with van der Waals surface area (Å²) in [6.45, 7) is 0.483. The maximum Gasteiger partial charge on any atom is 0.314 e. The van der Waals surface area contributed by atoms with E-state index in [0.29, 0.717) is 12.3 Å². The number of nitro benzene ring substituents is 1. The molecule has 0 bridgehead atoms. The van der Waals surface area contributed by atoms with Crippen molar-refractivity contribution in [2.24, 2.45) is 0 Å². The average Bonchev–Trinajstić information content (AvgIpc) is 2.43. The van der Waals surface area contributed by atoms with Crippen molar-refractivity contribution in [2.45, 2.75) is 6.54 Å². The summed E-state index contributed by atoms with van der Waals surface area (Å²) >= 11 is 3.34. The number of para-hydroxylation sites is 1. The number of ether oxygens (including phenoxy) is 1. The molecule has 2 aromatic rings. The number of halogens is 2. The first-order valence-electron chi connectivity index (χ1n) is 6.06. The number of nitro groups is 1. The van der Waals surface area contributed by atoms with E-state index in [0.717, 1.165) is 16.1 Å². The molecule has 0 unspecified atom stereocenters. The topological polar surface area (TPSA) is 64.4 Å². The molecule has 0 heterocycles. The molecule has 0 aliphatic heterocycles. The van der Waals surface area contributed by atoms with Crippen LogP contribution in [0.2, 0.25) is 0 Å². The molecular formula is C14H12BrFN2O3. The van der Waals surface area contributed by atoms with Crippen molar-refractivity contribution < 1.29 is 14.1 Å². The molecular weight excluding hydrogens is 343 g/mol. The van der Waals surface area contributed by atoms with Crippen molar-refractivity contribution in [3.63, 3.8) is 0 Å². The Kier molecular flexibility index (Phi) is 4.87. The highest BCUT2D eigenvalue weighted by Gasteiger charge is 2.21. The van der Waals surface area contributed by atoms with Gasteiger partial charge in [0.15, 0.2) is 5.82 Å². The fourth-order valence-electron chi connectivity index (χ4n) is 1.83. The third kappa shape index (κ3) is 3.56. The molecule has 0 spiro atoms. The van der Waals surface area contributed by atoms with Gasteiger partial charge in [-0.05, 0) is 31.3 Å². The molecule has 1 N–H and O–H groups in total. The van der Waals surface area contributed by atoms with Gasteiger partial charge in [0, 0.05) is 22.6 Å². The first-order chi connectivity index (χ1) is 10.0. The van der Waals surface area contributed by atoms with E-state index >= 15 is 0 Å². The zero-order valence-electron chi connectivity index (χ0n) is 11.1. The number of hydrogen-bond acceptors (Lipinski definition) is 4. The first-order valence-corrected chi connectivity index (χ1v) is 6.86. The Morgan fingerprint density at radius 1 is 1.38 bits per heavy atom. The number of benzene rings is 2. The molecule has 2 aromatic carbocycles. The quantitative estimate of drug-likeness (QED) is 0.650. The van der Waals surface area contributed by atoms with Crippen molar-refractivity contribution in [1.29, 1.82) is 0 Å². The first kappa shape index (κ1) is 15.4. The van der Waals surface area contributed by atoms with E-state index in [1.165, 1.54) is 12.1 Å². The van der Waals surface area contributed by atoms with Crippen molar-refractivity contribution >= 4 is 21.6 Å². The second kappa shape index (κ2) is 6.64. The zero-order valence-corrected chi connectivity index (χ0v) is 12.7. The standard InChI is InChI=1S/C14H12BrFN2O3/c1-17-8-9-7-10(15)5-6-13(9)21-14-11(16)3-2-4-12(14)18(19)20/h2-7,17H,8H2,1H3. The van der Waals surface area contributed by atoms with Crippen LogP contribution in [-0.4, -0.2) is 12.0 Å². The molecule has 0 saturated heterocycles. The summed E-state index contributed by atoms with van der Waals surface area (Å²) in [4.78, 5) is 10.3. The summed E-state index contributed by atoms with van der Waals surface area (Å²) in [5.41, 5.74) is 0.345. The summed E-state index contributed by atoms with van der Waals surface area (Å²) in [7, 11) is 1.76. The molecule has 0 aliphatic rings. The van der Waals surface area contributed by atoms with Gasteiger partial charge < -0.3 is 10.1 Å². The molecule has 0 amide bonds. The van der Waals surface area contributed by atoms with Gasteiger partial charge in [0.2, 0.25) is 5.75 Å². The van der Waals surface area contributed by atoms with Crippen LogP contribution in [0.15, 0.2) is 40.9 Å². The van der Waals surface area contributed by atoms with Crippen LogP contribution in [0.5, 0.6) is 11.5 Å². The Morgan fingerprint density at radius 3 is 2.81 bits per heavy atom. The van der Waals surface area contributed by atoms with Gasteiger partial charge in [0.25, 0.3) is 0 Å². The zero-order chi connectivity index (χ0) is 15.4. The summed E-state index contributed by atoms with van der Waals surface area (Å²) in [6.07, 6.45) is 0. The molecule has 0 saturated carbocycles. The third-order valence-electron chi connectivity index (χ3n) is 2.74. The fraction of sp³-hybridized carbons (Fsp3) is 0.143. The van der Waals surface area contributed by atoms with E-state index in [2.05, 4.69) is 21.2 Å². The molecule has 7 heteroatoms. The Labute approximate surface area is 129 Å². The molecule has 2 rings (SSSR count). The lowest BCUT2D eigenvalue weighted by atomic mass is 10.2. The van der Waals surface area contributed by atoms with Crippen LogP contribution in [0.3, 0.4) is 0 Å². The minimum atomic E-state index is -0.775. The van der Waals surface area contributed by atoms with Crippen molar-refractivity contribution in [2.75, 3.05) is 7.05 Å². The Bertz CT molecular complexity index is 679. The SMILES string of the molecule is CNCc1cc(Br)ccc1Oc1c(F)cccc1[N+](=O)[O-]. The molecule has 0 aromatic heterocycles. The highest BCUT2D eigenvalue weighted by molar-refractivity contribution is 9.10. The third-order valence-corrected chi connectivity index (χ3v) is 3.24. The van der Waals surface area contributed by atoms with E-state index < -0.39 is 16.4 Å². The lowest BCUT2D eigenvalue weighted by Gasteiger charge is -2.12. The van der Waals surface area contributed by atoms with Gasteiger partial charge in [-0.25, -0.2) is 4.39 Å². The van der Waals surface area contributed by atoms with Crippen LogP contribution in [0, 0.1) is 15.9 Å². The lowest BCUT2D eigenvalue weighted by Crippen LogP contribution is -2.07. The molecule has 0 fully saturated rings. The van der Waals surface area contributed by atoms with Crippen LogP contribution in [0.4, 0.5) is 10.1 Å². The van der Waals surface area contributed by atoms with Crippen LogP contribution in [0.1, 0.15) is 5.56 Å². The van der Waals surface area contributed by atoms with Crippen LogP contribution in [-0.2, 0) is 6.54 Å². The van der Waals surface area contributed by atoms with E-state index in [-0.39, 0.29) is 5.75 Å². The summed E-state index contributed by atoms with van der Waals surface area (Å²) in [5, 5.41) is 13.9. The Balaban J connectivity index is 2.45. The van der Waals surface area contributed by atoms with Crippen molar-refractivity contribution in [3.8, 4) is 11.5 Å². The fourth-order valence-corrected chi connectivity index (χ4v) is 2.24. The van der Waals surface area contributed by atoms with Gasteiger partial charge in [-0.15, -0.1) is 0 Å². The smallest absolute Gasteiger partial charge is 0.314 e. The normalized spacial score (nSPS) is 10.4. The van der Waals surface area contributed by atoms with Gasteiger partial charge in [-0.1, -0.05) is 22.0 Å². The minimum Gasteiger partial charge on any atom is -0.447 e. The number of nitrogens with zero attached hydrogens (tertiary/aromatic N) is 1. The molecule has 21 heavy (non-hydrogen) atoms. The number of rotatable bonds is 5. The van der Waals surface area contributed by atoms with E-state index in [1.54, 1.807) is 25.2 Å². The van der Waals surface area contributed by atoms with Crippen LogP contribution < -0.4 is 10.1 Å². The molecule has 0 aliphatic carbocycles. The second-order valence-corrected chi connectivity index (χ2v) is 5.15. The lowest BCUT2D eigenvalue weighted by molar-refractivity contribution is -0.385. The van der Waals surface area contributed by atoms with Crippen LogP contribution >= 0.6 is 15.9 Å². The summed E-state index contributed by atoms with van der Waals surface area (Å²) in [5.74, 6) is -0.801. The Hall–Kier alpha value is -1.99. The largest absolute Gasteiger partial charge is 0.447 e. The van der Waals surface area contributed by atoms with Gasteiger partial charge in [-0.3, -0.25) is 10.1 Å². The highest BCUT2D eigenvalue weighted by atomic mass is 79.9. The molecule has 0 radical (unpaired) electrons. The van der Waals surface area contributed by atoms with Crippen molar-refractivity contribution in [1.82, 2.24) is 5.32 Å². The van der Waals surface area contributed by atoms with E-state index in [9.17, 15) is 14.5 Å². The van der Waals surface area contributed by atoms with Gasteiger partial charge in [-0.2, -0.15) is 0 Å². The monoisotopic (exact) mass is 354 g/mol. The molecule has 0 atom stereocenters. The van der Waals surface area contributed by atoms with Gasteiger partial charge in [0.05, 0.1) is 4.92 Å². The van der Waals surface area contributed by atoms with Gasteiger partial charge in [0.1, 0.15) is 5.75 Å². The second-order valence-electron chi connectivity index (χ2n) is 4.23. The summed E-state index contributed by atoms with van der Waals surface area (Å²) < 4.78 is 20.1. The minimum absolute atomic E-state index is 0.362. The predicted octanol–water partition coefficient (Wildman–Crippen LogP) is 4.01. The van der Waals surface area contributed by atoms with Gasteiger partial charge >= 0.3 is 5.69 Å². The average molecular weight is 355 g/mol. The van der Waals surface area contributed by atoms with Crippen molar-refractivity contribution in [3.05, 3.63) is 62.4 Å². The van der Waals surface area contributed by atoms with E-state index in [4.69, 9.17) is 4.74 Å².